The van der Waals surface area contributed by atoms with E-state index in [2.05, 4.69) is 28.4 Å². The molecule has 2 aromatic carbocycles. The Labute approximate surface area is 141 Å². The average Bonchev–Trinajstić information content (AvgIpc) is 2.60. The van der Waals surface area contributed by atoms with Gasteiger partial charge in [0.25, 0.3) is 0 Å². The van der Waals surface area contributed by atoms with Gasteiger partial charge in [-0.05, 0) is 29.7 Å². The van der Waals surface area contributed by atoms with Gasteiger partial charge in [-0.15, -0.1) is 0 Å². The molecule has 1 heterocycles. The summed E-state index contributed by atoms with van der Waals surface area (Å²) in [5.41, 5.74) is 3.08. The maximum atomic E-state index is 13.6. The lowest BCUT2D eigenvalue weighted by Gasteiger charge is -2.30. The topological polar surface area (TPSA) is 59.3 Å². The van der Waals surface area contributed by atoms with Crippen LogP contribution in [0.1, 0.15) is 16.7 Å². The highest BCUT2D eigenvalue weighted by Gasteiger charge is 2.18. The molecule has 3 rings (SSSR count). The van der Waals surface area contributed by atoms with Crippen LogP contribution in [0.2, 0.25) is 0 Å². The molecule has 1 atom stereocenters. The van der Waals surface area contributed by atoms with Crippen molar-refractivity contribution < 1.29 is 9.50 Å². The number of fused-ring (bicyclic) bond motifs is 1. The molecule has 0 aromatic heterocycles. The van der Waals surface area contributed by atoms with Crippen molar-refractivity contribution in [2.75, 3.05) is 25.0 Å². The molecule has 1 aliphatic rings. The van der Waals surface area contributed by atoms with E-state index in [9.17, 15) is 9.50 Å². The van der Waals surface area contributed by atoms with Crippen molar-refractivity contribution in [2.45, 2.75) is 19.1 Å². The van der Waals surface area contributed by atoms with Gasteiger partial charge < -0.3 is 10.4 Å². The summed E-state index contributed by atoms with van der Waals surface area (Å²) >= 11 is 0. The Hall–Kier alpha value is -2.42. The van der Waals surface area contributed by atoms with E-state index in [1.807, 2.05) is 12.1 Å². The number of aliphatic hydroxyl groups is 1. The van der Waals surface area contributed by atoms with Crippen LogP contribution in [0, 0.1) is 17.1 Å². The Morgan fingerprint density at radius 2 is 2.00 bits per heavy atom. The number of hydrogen-bond acceptors (Lipinski definition) is 4. The number of nitrogens with zero attached hydrogens (tertiary/aromatic N) is 2. The lowest BCUT2D eigenvalue weighted by molar-refractivity contribution is 0.114. The van der Waals surface area contributed by atoms with Crippen molar-refractivity contribution in [1.82, 2.24) is 4.90 Å². The molecule has 2 N–H and O–H groups in total. The van der Waals surface area contributed by atoms with Crippen molar-refractivity contribution in [3.8, 4) is 6.07 Å². The van der Waals surface area contributed by atoms with Crippen LogP contribution in [0.3, 0.4) is 0 Å². The van der Waals surface area contributed by atoms with Gasteiger partial charge in [0.15, 0.2) is 0 Å². The molecule has 0 aliphatic carbocycles. The maximum Gasteiger partial charge on any atom is 0.143 e. The summed E-state index contributed by atoms with van der Waals surface area (Å²) < 4.78 is 13.6. The van der Waals surface area contributed by atoms with Crippen LogP contribution in [0.15, 0.2) is 42.5 Å². The number of anilines is 1. The third-order valence-electron chi connectivity index (χ3n) is 4.33. The first kappa shape index (κ1) is 16.4. The minimum atomic E-state index is -0.593. The van der Waals surface area contributed by atoms with Crippen molar-refractivity contribution in [1.29, 1.82) is 5.26 Å². The number of nitriles is 1. The van der Waals surface area contributed by atoms with Crippen LogP contribution in [-0.4, -0.2) is 35.7 Å². The van der Waals surface area contributed by atoms with Gasteiger partial charge in [-0.3, -0.25) is 4.90 Å². The Bertz CT molecular complexity index is 757. The van der Waals surface area contributed by atoms with E-state index in [1.165, 1.54) is 17.2 Å². The first-order chi connectivity index (χ1) is 11.7. The second-order valence-electron chi connectivity index (χ2n) is 6.06. The average molecular weight is 325 g/mol. The zero-order chi connectivity index (χ0) is 16.9. The molecule has 4 nitrogen and oxygen atoms in total. The Kier molecular flexibility index (Phi) is 5.09. The second-order valence-corrected chi connectivity index (χ2v) is 6.06. The normalized spacial score (nSPS) is 15.4. The molecule has 0 fully saturated rings. The molecule has 2 aromatic rings. The molecule has 0 saturated heterocycles. The summed E-state index contributed by atoms with van der Waals surface area (Å²) in [6.45, 7) is 2.56. The molecule has 1 unspecified atom stereocenters. The first-order valence-electron chi connectivity index (χ1n) is 8.07. The summed E-state index contributed by atoms with van der Waals surface area (Å²) in [5.74, 6) is -0.551. The molecular weight excluding hydrogens is 305 g/mol. The molecule has 0 amide bonds. The summed E-state index contributed by atoms with van der Waals surface area (Å²) in [5, 5.41) is 22.3. The molecule has 24 heavy (non-hydrogen) atoms. The number of β-amino-alcohol motifs (C(OH)–C–C–N with tert-alkyl or cyclic N) is 1. The largest absolute Gasteiger partial charge is 0.390 e. The van der Waals surface area contributed by atoms with Gasteiger partial charge in [0, 0.05) is 26.2 Å². The molecule has 1 aliphatic heterocycles. The minimum absolute atomic E-state index is 0.0170. The fraction of sp³-hybridized carbons (Fsp3) is 0.316. The fourth-order valence-electron chi connectivity index (χ4n) is 3.09. The molecule has 0 spiro atoms. The minimum Gasteiger partial charge on any atom is -0.390 e. The van der Waals surface area contributed by atoms with Gasteiger partial charge in [-0.2, -0.15) is 5.26 Å². The van der Waals surface area contributed by atoms with Crippen molar-refractivity contribution in [3.05, 3.63) is 65.0 Å². The van der Waals surface area contributed by atoms with Crippen molar-refractivity contribution in [3.63, 3.8) is 0 Å². The maximum absolute atomic E-state index is 13.6. The van der Waals surface area contributed by atoms with E-state index in [-0.39, 0.29) is 12.1 Å². The van der Waals surface area contributed by atoms with E-state index in [0.717, 1.165) is 19.5 Å². The smallest absolute Gasteiger partial charge is 0.143 e. The van der Waals surface area contributed by atoms with Crippen molar-refractivity contribution >= 4 is 5.69 Å². The lowest BCUT2D eigenvalue weighted by Crippen LogP contribution is -2.39. The number of hydrogen-bond donors (Lipinski definition) is 2. The van der Waals surface area contributed by atoms with Gasteiger partial charge in [-0.1, -0.05) is 30.3 Å². The predicted octanol–water partition coefficient (Wildman–Crippen LogP) is 2.53. The van der Waals surface area contributed by atoms with Crippen LogP contribution in [-0.2, 0) is 13.0 Å². The number of aliphatic hydroxyl groups excluding tert-OH is 1. The molecular formula is C19H20FN3O. The van der Waals surface area contributed by atoms with Crippen LogP contribution >= 0.6 is 0 Å². The van der Waals surface area contributed by atoms with Crippen LogP contribution < -0.4 is 5.32 Å². The zero-order valence-corrected chi connectivity index (χ0v) is 13.4. The quantitative estimate of drug-likeness (QED) is 0.887. The van der Waals surface area contributed by atoms with Crippen LogP contribution in [0.25, 0.3) is 0 Å². The highest BCUT2D eigenvalue weighted by atomic mass is 19.1. The van der Waals surface area contributed by atoms with Crippen LogP contribution in [0.5, 0.6) is 0 Å². The molecule has 5 heteroatoms. The van der Waals surface area contributed by atoms with E-state index >= 15 is 0 Å². The predicted molar refractivity (Wildman–Crippen MR) is 91.0 cm³/mol. The summed E-state index contributed by atoms with van der Waals surface area (Å²) in [7, 11) is 0. The number of halogens is 1. The highest BCUT2D eigenvalue weighted by Crippen LogP contribution is 2.20. The van der Waals surface area contributed by atoms with Gasteiger partial charge in [0.2, 0.25) is 0 Å². The number of rotatable bonds is 5. The van der Waals surface area contributed by atoms with Gasteiger partial charge in [0.05, 0.1) is 11.8 Å². The van der Waals surface area contributed by atoms with Gasteiger partial charge >= 0.3 is 0 Å². The SMILES string of the molecule is N#Cc1c(F)cccc1NCC(O)CN1CCc2ccccc2C1. The van der Waals surface area contributed by atoms with E-state index < -0.39 is 11.9 Å². The van der Waals surface area contributed by atoms with Gasteiger partial charge in [0.1, 0.15) is 17.4 Å². The molecule has 0 bridgehead atoms. The standard InChI is InChI=1S/C19H20FN3O/c20-18-6-3-7-19(17(18)10-21)22-11-16(24)13-23-9-8-14-4-1-2-5-15(14)12-23/h1-7,16,22,24H,8-9,11-13H2. The van der Waals surface area contributed by atoms with E-state index in [4.69, 9.17) is 5.26 Å². The first-order valence-corrected chi connectivity index (χ1v) is 8.07. The monoisotopic (exact) mass is 325 g/mol. The van der Waals surface area contributed by atoms with Crippen molar-refractivity contribution in [2.24, 2.45) is 0 Å². The Morgan fingerprint density at radius 1 is 1.21 bits per heavy atom. The third-order valence-corrected chi connectivity index (χ3v) is 4.33. The molecule has 124 valence electrons. The lowest BCUT2D eigenvalue weighted by atomic mass is 10.00. The van der Waals surface area contributed by atoms with E-state index in [1.54, 1.807) is 12.1 Å². The third kappa shape index (κ3) is 3.73. The fourth-order valence-corrected chi connectivity index (χ4v) is 3.09. The van der Waals surface area contributed by atoms with Gasteiger partial charge in [-0.25, -0.2) is 4.39 Å². The number of benzene rings is 2. The van der Waals surface area contributed by atoms with Crippen LogP contribution in [0.4, 0.5) is 10.1 Å². The summed E-state index contributed by atoms with van der Waals surface area (Å²) in [4.78, 5) is 2.21. The second kappa shape index (κ2) is 7.43. The summed E-state index contributed by atoms with van der Waals surface area (Å²) in [6, 6.07) is 14.7. The number of nitrogens with one attached hydrogen (secondary N) is 1. The highest BCUT2D eigenvalue weighted by molar-refractivity contribution is 5.57. The summed E-state index contributed by atoms with van der Waals surface area (Å²) in [6.07, 6.45) is 0.392. The zero-order valence-electron chi connectivity index (χ0n) is 13.4. The molecule has 0 radical (unpaired) electrons. The Morgan fingerprint density at radius 3 is 2.79 bits per heavy atom. The van der Waals surface area contributed by atoms with E-state index in [0.29, 0.717) is 12.2 Å². The molecule has 0 saturated carbocycles. The Balaban J connectivity index is 1.55.